The zero-order chi connectivity index (χ0) is 26.5. The van der Waals surface area contributed by atoms with E-state index in [1.807, 2.05) is 37.3 Å². The maximum absolute atomic E-state index is 13.6. The Hall–Kier alpha value is -4.23. The third-order valence-electron chi connectivity index (χ3n) is 6.72. The number of carbonyl (C=O) groups excluding carboxylic acids is 3. The molecule has 3 N–H and O–H groups in total. The largest absolute Gasteiger partial charge is 0.322 e. The average molecular weight is 524 g/mol. The highest BCUT2D eigenvalue weighted by Crippen LogP contribution is 2.38. The van der Waals surface area contributed by atoms with Crippen LogP contribution in [0.25, 0.3) is 0 Å². The van der Waals surface area contributed by atoms with Gasteiger partial charge in [-0.2, -0.15) is 0 Å². The van der Waals surface area contributed by atoms with Crippen molar-refractivity contribution in [2.24, 2.45) is 0 Å². The fourth-order valence-electron chi connectivity index (χ4n) is 4.71. The molecule has 0 radical (unpaired) electrons. The minimum atomic E-state index is -0.379. The summed E-state index contributed by atoms with van der Waals surface area (Å²) >= 11 is 1.48. The number of aryl methyl sites for hydroxylation is 2. The first kappa shape index (κ1) is 25.4. The van der Waals surface area contributed by atoms with Crippen molar-refractivity contribution in [1.82, 2.24) is 0 Å². The van der Waals surface area contributed by atoms with Crippen LogP contribution in [0.5, 0.6) is 0 Å². The summed E-state index contributed by atoms with van der Waals surface area (Å²) < 4.78 is 0. The molecular formula is C31H29N3O3S. The molecule has 0 atom stereocenters. The van der Waals surface area contributed by atoms with Crippen molar-refractivity contribution in [3.63, 3.8) is 0 Å². The highest BCUT2D eigenvalue weighted by Gasteiger charge is 2.27. The lowest BCUT2D eigenvalue weighted by atomic mass is 10.0. The molecule has 1 aliphatic rings. The summed E-state index contributed by atoms with van der Waals surface area (Å²) in [6.07, 6.45) is 4.90. The molecule has 192 valence electrons. The topological polar surface area (TPSA) is 87.3 Å². The molecule has 6 nitrogen and oxygen atoms in total. The number of nitrogens with one attached hydrogen (secondary N) is 3. The molecule has 5 rings (SSSR count). The summed E-state index contributed by atoms with van der Waals surface area (Å²) in [6.45, 7) is 1.95. The van der Waals surface area contributed by atoms with Gasteiger partial charge in [0.25, 0.3) is 17.7 Å². The van der Waals surface area contributed by atoms with E-state index in [4.69, 9.17) is 0 Å². The zero-order valence-electron chi connectivity index (χ0n) is 21.2. The van der Waals surface area contributed by atoms with Crippen LogP contribution >= 0.6 is 11.3 Å². The summed E-state index contributed by atoms with van der Waals surface area (Å²) in [5, 5.41) is 9.45. The molecule has 0 spiro atoms. The van der Waals surface area contributed by atoms with Crippen molar-refractivity contribution >= 4 is 45.4 Å². The number of hydrogen-bond acceptors (Lipinski definition) is 4. The van der Waals surface area contributed by atoms with Gasteiger partial charge in [-0.25, -0.2) is 0 Å². The molecule has 0 saturated carbocycles. The van der Waals surface area contributed by atoms with Crippen molar-refractivity contribution in [3.05, 3.63) is 112 Å². The van der Waals surface area contributed by atoms with Crippen LogP contribution < -0.4 is 16.0 Å². The average Bonchev–Trinajstić information content (AvgIpc) is 3.10. The van der Waals surface area contributed by atoms with E-state index < -0.39 is 0 Å². The minimum absolute atomic E-state index is 0.223. The lowest BCUT2D eigenvalue weighted by molar-refractivity contribution is 0.101. The van der Waals surface area contributed by atoms with E-state index in [-0.39, 0.29) is 17.7 Å². The Morgan fingerprint density at radius 3 is 2.11 bits per heavy atom. The number of benzene rings is 3. The smallest absolute Gasteiger partial charge is 0.258 e. The van der Waals surface area contributed by atoms with Gasteiger partial charge in [0.1, 0.15) is 5.00 Å². The summed E-state index contributed by atoms with van der Waals surface area (Å²) in [5.41, 5.74) is 4.51. The number of rotatable bonds is 6. The molecule has 3 aromatic carbocycles. The Morgan fingerprint density at radius 1 is 0.658 bits per heavy atom. The molecule has 7 heteroatoms. The highest BCUT2D eigenvalue weighted by molar-refractivity contribution is 7.17. The van der Waals surface area contributed by atoms with Crippen molar-refractivity contribution in [1.29, 1.82) is 0 Å². The second kappa shape index (κ2) is 11.4. The van der Waals surface area contributed by atoms with Gasteiger partial charge in [0, 0.05) is 16.1 Å². The van der Waals surface area contributed by atoms with E-state index in [2.05, 4.69) is 16.0 Å². The standard InChI is InChI=1S/C31H29N3O3S/c1-20-12-8-10-17-24(20)32-30(37)27-23-16-6-3-7-19-26(23)38-31(27)34-29(36)22-15-9-11-18-25(22)33-28(35)21-13-4-2-5-14-21/h2,4-5,8-15,17-18H,3,6-7,16,19H2,1H3,(H,32,37)(H,33,35)(H,34,36). The van der Waals surface area contributed by atoms with Crippen LogP contribution in [0.2, 0.25) is 0 Å². The zero-order valence-corrected chi connectivity index (χ0v) is 22.0. The molecule has 1 aliphatic carbocycles. The Labute approximate surface area is 226 Å². The fraction of sp³-hybridized carbons (Fsp3) is 0.194. The number of para-hydroxylation sites is 2. The normalized spacial score (nSPS) is 12.7. The molecule has 4 aromatic rings. The molecule has 1 aromatic heterocycles. The number of carbonyl (C=O) groups is 3. The van der Waals surface area contributed by atoms with Crippen LogP contribution in [0.15, 0.2) is 78.9 Å². The van der Waals surface area contributed by atoms with Crippen LogP contribution in [0.4, 0.5) is 16.4 Å². The van der Waals surface area contributed by atoms with Crippen molar-refractivity contribution in [2.75, 3.05) is 16.0 Å². The maximum Gasteiger partial charge on any atom is 0.258 e. The second-order valence-electron chi connectivity index (χ2n) is 9.36. The van der Waals surface area contributed by atoms with Gasteiger partial charge in [-0.1, -0.05) is 55.0 Å². The Kier molecular flexibility index (Phi) is 7.65. The first-order chi connectivity index (χ1) is 18.5. The second-order valence-corrected chi connectivity index (χ2v) is 10.5. The quantitative estimate of drug-likeness (QED) is 0.236. The predicted molar refractivity (Wildman–Crippen MR) is 154 cm³/mol. The van der Waals surface area contributed by atoms with E-state index in [1.54, 1.807) is 48.5 Å². The third-order valence-corrected chi connectivity index (χ3v) is 7.93. The van der Waals surface area contributed by atoms with Gasteiger partial charge < -0.3 is 16.0 Å². The van der Waals surface area contributed by atoms with Crippen LogP contribution in [0.1, 0.15) is 66.3 Å². The maximum atomic E-state index is 13.6. The van der Waals surface area contributed by atoms with E-state index in [0.717, 1.165) is 53.8 Å². The molecule has 0 saturated heterocycles. The van der Waals surface area contributed by atoms with Gasteiger partial charge in [-0.3, -0.25) is 14.4 Å². The number of anilines is 3. The first-order valence-corrected chi connectivity index (χ1v) is 13.6. The number of fused-ring (bicyclic) bond motifs is 1. The van der Waals surface area contributed by atoms with E-state index in [9.17, 15) is 14.4 Å². The highest BCUT2D eigenvalue weighted by atomic mass is 32.1. The molecule has 0 aliphatic heterocycles. The van der Waals surface area contributed by atoms with Crippen LogP contribution in [-0.2, 0) is 12.8 Å². The Balaban J connectivity index is 1.44. The van der Waals surface area contributed by atoms with E-state index >= 15 is 0 Å². The fourth-order valence-corrected chi connectivity index (χ4v) is 6.00. The van der Waals surface area contributed by atoms with E-state index in [0.29, 0.717) is 27.4 Å². The predicted octanol–water partition coefficient (Wildman–Crippen LogP) is 7.08. The van der Waals surface area contributed by atoms with Crippen molar-refractivity contribution < 1.29 is 14.4 Å². The first-order valence-electron chi connectivity index (χ1n) is 12.8. The monoisotopic (exact) mass is 523 g/mol. The third kappa shape index (κ3) is 5.53. The van der Waals surface area contributed by atoms with Gasteiger partial charge in [0.2, 0.25) is 0 Å². The summed E-state index contributed by atoms with van der Waals surface area (Å²) in [4.78, 5) is 41.1. The van der Waals surface area contributed by atoms with Gasteiger partial charge in [0.15, 0.2) is 0 Å². The number of amides is 3. The number of hydrogen-bond donors (Lipinski definition) is 3. The molecular weight excluding hydrogens is 494 g/mol. The van der Waals surface area contributed by atoms with Crippen LogP contribution in [-0.4, -0.2) is 17.7 Å². The van der Waals surface area contributed by atoms with Crippen molar-refractivity contribution in [2.45, 2.75) is 39.0 Å². The van der Waals surface area contributed by atoms with Crippen LogP contribution in [0, 0.1) is 6.92 Å². The summed E-state index contributed by atoms with van der Waals surface area (Å²) in [6, 6.07) is 23.4. The molecule has 1 heterocycles. The van der Waals surface area contributed by atoms with Crippen LogP contribution in [0.3, 0.4) is 0 Å². The molecule has 38 heavy (non-hydrogen) atoms. The minimum Gasteiger partial charge on any atom is -0.322 e. The van der Waals surface area contributed by atoms with Gasteiger partial charge in [-0.15, -0.1) is 11.3 Å². The SMILES string of the molecule is Cc1ccccc1NC(=O)c1c(NC(=O)c2ccccc2NC(=O)c2ccccc2)sc2c1CCCCC2. The lowest BCUT2D eigenvalue weighted by Crippen LogP contribution is -2.20. The van der Waals surface area contributed by atoms with Gasteiger partial charge >= 0.3 is 0 Å². The Bertz CT molecular complexity index is 1490. The molecule has 0 fully saturated rings. The molecule has 0 bridgehead atoms. The Morgan fingerprint density at radius 2 is 1.32 bits per heavy atom. The summed E-state index contributed by atoms with van der Waals surface area (Å²) in [7, 11) is 0. The molecule has 0 unspecified atom stereocenters. The van der Waals surface area contributed by atoms with Gasteiger partial charge in [-0.05, 0) is 74.1 Å². The summed E-state index contributed by atoms with van der Waals surface area (Å²) in [5.74, 6) is -0.901. The van der Waals surface area contributed by atoms with E-state index in [1.165, 1.54) is 11.3 Å². The lowest BCUT2D eigenvalue weighted by Gasteiger charge is -2.13. The van der Waals surface area contributed by atoms with Crippen molar-refractivity contribution in [3.8, 4) is 0 Å². The van der Waals surface area contributed by atoms with Gasteiger partial charge in [0.05, 0.1) is 16.8 Å². The molecule has 3 amide bonds. The number of thiophene rings is 1.